The quantitative estimate of drug-likeness (QED) is 0.575. The molecule has 0 saturated carbocycles. The molecule has 3 aromatic rings. The first kappa shape index (κ1) is 16.6. The normalized spacial score (nSPS) is 10.9. The van der Waals surface area contributed by atoms with Crippen molar-refractivity contribution in [3.8, 4) is 17.2 Å². The van der Waals surface area contributed by atoms with Crippen molar-refractivity contribution in [1.82, 2.24) is 0 Å². The maximum absolute atomic E-state index is 6.08. The van der Waals surface area contributed by atoms with Gasteiger partial charge in [-0.15, -0.1) is 0 Å². The van der Waals surface area contributed by atoms with E-state index < -0.39 is 18.1 Å². The van der Waals surface area contributed by atoms with E-state index in [1.807, 2.05) is 91.0 Å². The summed E-state index contributed by atoms with van der Waals surface area (Å²) in [6.45, 7) is 0. The molecule has 0 saturated heterocycles. The van der Waals surface area contributed by atoms with E-state index in [1.54, 1.807) is 7.11 Å². The Morgan fingerprint density at radius 2 is 0.792 bits per heavy atom. The van der Waals surface area contributed by atoms with Gasteiger partial charge in [0, 0.05) is 0 Å². The van der Waals surface area contributed by atoms with Crippen molar-refractivity contribution >= 4 is 0 Å². The first-order valence-electron chi connectivity index (χ1n) is 7.57. The minimum atomic E-state index is -4.10. The van der Waals surface area contributed by atoms with Crippen LogP contribution in [-0.4, -0.2) is 7.11 Å². The number of hydrogen-bond acceptors (Lipinski definition) is 4. The number of rotatable bonds is 7. The van der Waals surface area contributed by atoms with Crippen molar-refractivity contribution in [2.24, 2.45) is 0 Å². The molecule has 0 fully saturated rings. The molecule has 0 bridgehead atoms. The van der Waals surface area contributed by atoms with Crippen LogP contribution in [0.4, 0.5) is 0 Å². The van der Waals surface area contributed by atoms with Gasteiger partial charge in [-0.2, -0.15) is 0 Å². The molecular formula is C19H18O4Ti. The monoisotopic (exact) mass is 358 g/mol. The Bertz CT molecular complexity index is 634. The molecule has 0 aliphatic rings. The van der Waals surface area contributed by atoms with Gasteiger partial charge in [0.1, 0.15) is 0 Å². The summed E-state index contributed by atoms with van der Waals surface area (Å²) >= 11 is -4.10. The molecule has 5 heteroatoms. The Labute approximate surface area is 146 Å². The molecule has 3 aromatic carbocycles. The maximum atomic E-state index is 6.08. The van der Waals surface area contributed by atoms with Gasteiger partial charge < -0.3 is 0 Å². The van der Waals surface area contributed by atoms with Gasteiger partial charge in [0.15, 0.2) is 0 Å². The van der Waals surface area contributed by atoms with E-state index >= 15 is 0 Å². The van der Waals surface area contributed by atoms with Gasteiger partial charge in [-0.3, -0.25) is 0 Å². The van der Waals surface area contributed by atoms with Crippen LogP contribution in [0.25, 0.3) is 0 Å². The Morgan fingerprint density at radius 1 is 0.500 bits per heavy atom. The molecule has 0 radical (unpaired) electrons. The second-order valence-corrected chi connectivity index (χ2v) is 8.10. The molecule has 0 amide bonds. The zero-order valence-corrected chi connectivity index (χ0v) is 14.9. The van der Waals surface area contributed by atoms with Gasteiger partial charge in [0.25, 0.3) is 0 Å². The second kappa shape index (κ2) is 8.02. The van der Waals surface area contributed by atoms with Crippen LogP contribution >= 0.6 is 0 Å². The Morgan fingerprint density at radius 3 is 1.04 bits per heavy atom. The van der Waals surface area contributed by atoms with Crippen LogP contribution in [-0.2, 0) is 21.5 Å². The molecule has 0 aliphatic carbocycles. The zero-order chi connectivity index (χ0) is 16.7. The molecule has 24 heavy (non-hydrogen) atoms. The van der Waals surface area contributed by atoms with Gasteiger partial charge in [0.2, 0.25) is 0 Å². The van der Waals surface area contributed by atoms with E-state index in [1.165, 1.54) is 0 Å². The number of para-hydroxylation sites is 3. The van der Waals surface area contributed by atoms with E-state index in [0.29, 0.717) is 17.2 Å². The summed E-state index contributed by atoms with van der Waals surface area (Å²) in [6.07, 6.45) is 0. The molecule has 0 unspecified atom stereocenters. The van der Waals surface area contributed by atoms with Crippen LogP contribution < -0.4 is 9.96 Å². The van der Waals surface area contributed by atoms with Gasteiger partial charge in [-0.25, -0.2) is 0 Å². The summed E-state index contributed by atoms with van der Waals surface area (Å²) in [5.74, 6) is 1.93. The number of benzene rings is 3. The van der Waals surface area contributed by atoms with E-state index in [4.69, 9.17) is 13.3 Å². The summed E-state index contributed by atoms with van der Waals surface area (Å²) in [5, 5.41) is 0. The Hall–Kier alpha value is -2.27. The Balaban J connectivity index is 1.91. The van der Waals surface area contributed by atoms with Crippen molar-refractivity contribution in [2.45, 2.75) is 0 Å². The third-order valence-electron chi connectivity index (χ3n) is 3.21. The van der Waals surface area contributed by atoms with E-state index in [9.17, 15) is 0 Å². The first-order valence-corrected chi connectivity index (χ1v) is 10.1. The fourth-order valence-electron chi connectivity index (χ4n) is 2.09. The van der Waals surface area contributed by atoms with E-state index in [-0.39, 0.29) is 0 Å². The molecule has 0 aromatic heterocycles. The third-order valence-corrected chi connectivity index (χ3v) is 6.26. The molecule has 0 atom stereocenters. The van der Waals surface area contributed by atoms with Crippen LogP contribution in [0.1, 0.15) is 0 Å². The van der Waals surface area contributed by atoms with Crippen molar-refractivity contribution < 1.29 is 31.4 Å². The summed E-state index contributed by atoms with van der Waals surface area (Å²) in [7, 11) is 1.55. The standard InChI is InChI=1S/3C6H6O.CH3O.Ti/c3*7-6-4-2-1-3-5-6;1-2;/h3*1-5,7H;1H3;/q;;;-1;+4/p-3. The summed E-state index contributed by atoms with van der Waals surface area (Å²) in [6, 6.07) is 28.2. The SMILES string of the molecule is C[O][Ti]([O]c1ccccc1)([O]c1ccccc1)[O]c1ccccc1. The van der Waals surface area contributed by atoms with Crippen LogP contribution in [0, 0.1) is 0 Å². The average Bonchev–Trinajstić information content (AvgIpc) is 2.64. The summed E-state index contributed by atoms with van der Waals surface area (Å²) in [4.78, 5) is 0. The molecule has 122 valence electrons. The zero-order valence-electron chi connectivity index (χ0n) is 13.3. The molecule has 0 heterocycles. The van der Waals surface area contributed by atoms with Crippen molar-refractivity contribution in [3.63, 3.8) is 0 Å². The van der Waals surface area contributed by atoms with Crippen LogP contribution in [0.3, 0.4) is 0 Å². The van der Waals surface area contributed by atoms with Crippen molar-refractivity contribution in [2.75, 3.05) is 7.11 Å². The second-order valence-electron chi connectivity index (χ2n) is 4.95. The Kier molecular flexibility index (Phi) is 5.54. The van der Waals surface area contributed by atoms with E-state index in [2.05, 4.69) is 0 Å². The van der Waals surface area contributed by atoms with Crippen LogP contribution in [0.2, 0.25) is 0 Å². The predicted octanol–water partition coefficient (Wildman–Crippen LogP) is 4.68. The number of hydrogen-bond donors (Lipinski definition) is 0. The molecular weight excluding hydrogens is 340 g/mol. The summed E-state index contributed by atoms with van der Waals surface area (Å²) < 4.78 is 23.9. The van der Waals surface area contributed by atoms with Crippen molar-refractivity contribution in [3.05, 3.63) is 91.0 Å². The van der Waals surface area contributed by atoms with Crippen molar-refractivity contribution in [1.29, 1.82) is 0 Å². The van der Waals surface area contributed by atoms with Gasteiger partial charge in [0.05, 0.1) is 0 Å². The fraction of sp³-hybridized carbons (Fsp3) is 0.0526. The topological polar surface area (TPSA) is 36.9 Å². The van der Waals surface area contributed by atoms with Gasteiger partial charge >= 0.3 is 147 Å². The molecule has 4 nitrogen and oxygen atoms in total. The fourth-order valence-corrected chi connectivity index (χ4v) is 4.66. The molecule has 3 rings (SSSR count). The van der Waals surface area contributed by atoms with Gasteiger partial charge in [-0.05, 0) is 0 Å². The van der Waals surface area contributed by atoms with E-state index in [0.717, 1.165) is 0 Å². The average molecular weight is 358 g/mol. The first-order chi connectivity index (χ1) is 11.8. The molecule has 0 spiro atoms. The summed E-state index contributed by atoms with van der Waals surface area (Å²) in [5.41, 5.74) is 0. The molecule has 0 N–H and O–H groups in total. The van der Waals surface area contributed by atoms with Crippen LogP contribution in [0.5, 0.6) is 17.2 Å². The molecule has 0 aliphatic heterocycles. The minimum absolute atomic E-state index is 0.645. The third kappa shape index (κ3) is 4.39. The predicted molar refractivity (Wildman–Crippen MR) is 88.2 cm³/mol. The van der Waals surface area contributed by atoms with Crippen LogP contribution in [0.15, 0.2) is 91.0 Å². The van der Waals surface area contributed by atoms with Gasteiger partial charge in [-0.1, -0.05) is 0 Å².